The minimum atomic E-state index is -3.45. The van der Waals surface area contributed by atoms with Crippen LogP contribution in [0.1, 0.15) is 12.5 Å². The maximum absolute atomic E-state index is 12.6. The summed E-state index contributed by atoms with van der Waals surface area (Å²) in [5.41, 5.74) is 0.907. The number of rotatable bonds is 4. The van der Waals surface area contributed by atoms with E-state index in [-0.39, 0.29) is 17.5 Å². The highest BCUT2D eigenvalue weighted by atomic mass is 35.7. The molecule has 0 bridgehead atoms. The third-order valence-corrected chi connectivity index (χ3v) is 3.33. The monoisotopic (exact) mass is 250 g/mol. The molecule has 0 aliphatic heterocycles. The van der Waals surface area contributed by atoms with Gasteiger partial charge in [-0.1, -0.05) is 19.1 Å². The van der Waals surface area contributed by atoms with Crippen molar-refractivity contribution in [3.05, 3.63) is 35.6 Å². The molecule has 15 heavy (non-hydrogen) atoms. The second-order valence-electron chi connectivity index (χ2n) is 3.64. The maximum Gasteiger partial charge on any atom is 0.232 e. The Morgan fingerprint density at radius 1 is 1.33 bits per heavy atom. The number of halogens is 2. The summed E-state index contributed by atoms with van der Waals surface area (Å²) in [5.74, 6) is -0.430. The SMILES string of the molecule is CC(Cc1ccc(F)cc1)CS(=O)(=O)Cl. The molecule has 84 valence electrons. The first kappa shape index (κ1) is 12.5. The molecule has 0 saturated carbocycles. The van der Waals surface area contributed by atoms with Crippen LogP contribution in [0.5, 0.6) is 0 Å². The van der Waals surface area contributed by atoms with Crippen molar-refractivity contribution in [2.24, 2.45) is 5.92 Å². The summed E-state index contributed by atoms with van der Waals surface area (Å²) in [5, 5.41) is 0. The zero-order valence-corrected chi connectivity index (χ0v) is 9.85. The molecule has 0 amide bonds. The van der Waals surface area contributed by atoms with Crippen LogP contribution in [0.2, 0.25) is 0 Å². The first-order valence-electron chi connectivity index (χ1n) is 4.53. The molecule has 1 unspecified atom stereocenters. The summed E-state index contributed by atoms with van der Waals surface area (Å²) in [4.78, 5) is 0. The Bertz CT molecular complexity index is 414. The molecule has 1 aromatic carbocycles. The highest BCUT2D eigenvalue weighted by Gasteiger charge is 2.12. The van der Waals surface area contributed by atoms with Crippen molar-refractivity contribution >= 4 is 19.7 Å². The van der Waals surface area contributed by atoms with E-state index in [1.807, 2.05) is 0 Å². The lowest BCUT2D eigenvalue weighted by atomic mass is 10.0. The smallest absolute Gasteiger partial charge is 0.212 e. The van der Waals surface area contributed by atoms with Crippen LogP contribution in [-0.4, -0.2) is 14.2 Å². The molecular weight excluding hydrogens is 239 g/mol. The van der Waals surface area contributed by atoms with E-state index in [9.17, 15) is 12.8 Å². The molecule has 5 heteroatoms. The molecule has 1 aromatic rings. The molecule has 2 nitrogen and oxygen atoms in total. The Morgan fingerprint density at radius 3 is 2.33 bits per heavy atom. The fraction of sp³-hybridized carbons (Fsp3) is 0.400. The number of hydrogen-bond donors (Lipinski definition) is 0. The predicted octanol–water partition coefficient (Wildman–Crippen LogP) is 2.57. The predicted molar refractivity (Wildman–Crippen MR) is 58.9 cm³/mol. The normalized spacial score (nSPS) is 13.8. The van der Waals surface area contributed by atoms with Crippen molar-refractivity contribution in [2.45, 2.75) is 13.3 Å². The van der Waals surface area contributed by atoms with Gasteiger partial charge in [0.15, 0.2) is 0 Å². The molecule has 1 atom stereocenters. The summed E-state index contributed by atoms with van der Waals surface area (Å²) < 4.78 is 34.2. The Morgan fingerprint density at radius 2 is 1.87 bits per heavy atom. The van der Waals surface area contributed by atoms with Crippen molar-refractivity contribution in [3.8, 4) is 0 Å². The van der Waals surface area contributed by atoms with E-state index in [2.05, 4.69) is 0 Å². The molecule has 0 saturated heterocycles. The van der Waals surface area contributed by atoms with Gasteiger partial charge in [0.2, 0.25) is 9.05 Å². The van der Waals surface area contributed by atoms with Crippen LogP contribution < -0.4 is 0 Å². The lowest BCUT2D eigenvalue weighted by molar-refractivity contribution is 0.581. The first-order valence-corrected chi connectivity index (χ1v) is 7.01. The topological polar surface area (TPSA) is 34.1 Å². The van der Waals surface area contributed by atoms with E-state index < -0.39 is 9.05 Å². The Balaban J connectivity index is 2.59. The summed E-state index contributed by atoms with van der Waals surface area (Å²) >= 11 is 0. The van der Waals surface area contributed by atoms with Crippen molar-refractivity contribution < 1.29 is 12.8 Å². The van der Waals surface area contributed by atoms with Crippen molar-refractivity contribution in [3.63, 3.8) is 0 Å². The Kier molecular flexibility index (Phi) is 4.11. The largest absolute Gasteiger partial charge is 0.232 e. The zero-order chi connectivity index (χ0) is 11.5. The Hall–Kier alpha value is -0.610. The van der Waals surface area contributed by atoms with Gasteiger partial charge in [-0.25, -0.2) is 12.8 Å². The molecule has 0 aromatic heterocycles. The molecule has 0 N–H and O–H groups in total. The number of benzene rings is 1. The molecule has 0 fully saturated rings. The summed E-state index contributed by atoms with van der Waals surface area (Å²) in [7, 11) is 1.68. The lowest BCUT2D eigenvalue weighted by Gasteiger charge is -2.08. The van der Waals surface area contributed by atoms with Gasteiger partial charge in [-0.15, -0.1) is 0 Å². The van der Waals surface area contributed by atoms with E-state index in [0.717, 1.165) is 5.56 Å². The van der Waals surface area contributed by atoms with E-state index in [1.165, 1.54) is 12.1 Å². The minimum absolute atomic E-state index is 0.0636. The van der Waals surface area contributed by atoms with E-state index >= 15 is 0 Å². The summed E-state index contributed by atoms with van der Waals surface area (Å²) in [6.07, 6.45) is 0.576. The van der Waals surface area contributed by atoms with Gasteiger partial charge in [-0.3, -0.25) is 0 Å². The highest BCUT2D eigenvalue weighted by Crippen LogP contribution is 2.13. The highest BCUT2D eigenvalue weighted by molar-refractivity contribution is 8.13. The molecule has 0 aliphatic rings. The van der Waals surface area contributed by atoms with Crippen molar-refractivity contribution in [1.29, 1.82) is 0 Å². The second-order valence-corrected chi connectivity index (χ2v) is 6.46. The van der Waals surface area contributed by atoms with E-state index in [1.54, 1.807) is 19.1 Å². The molecule has 1 rings (SSSR count). The van der Waals surface area contributed by atoms with Crippen LogP contribution in [0.15, 0.2) is 24.3 Å². The standard InChI is InChI=1S/C10H12ClFO2S/c1-8(7-15(11,13)14)6-9-2-4-10(12)5-3-9/h2-5,8H,6-7H2,1H3. The van der Waals surface area contributed by atoms with Crippen LogP contribution in [0.25, 0.3) is 0 Å². The van der Waals surface area contributed by atoms with Gasteiger partial charge in [0, 0.05) is 10.7 Å². The van der Waals surface area contributed by atoms with E-state index in [4.69, 9.17) is 10.7 Å². The quantitative estimate of drug-likeness (QED) is 0.770. The third-order valence-electron chi connectivity index (χ3n) is 1.98. The fourth-order valence-corrected chi connectivity index (χ4v) is 2.86. The molecule has 0 radical (unpaired) electrons. The van der Waals surface area contributed by atoms with Crippen LogP contribution in [0.4, 0.5) is 4.39 Å². The van der Waals surface area contributed by atoms with Gasteiger partial charge >= 0.3 is 0 Å². The van der Waals surface area contributed by atoms with Gasteiger partial charge in [-0.05, 0) is 30.0 Å². The average molecular weight is 251 g/mol. The van der Waals surface area contributed by atoms with Crippen molar-refractivity contribution in [2.75, 3.05) is 5.75 Å². The molecule has 0 spiro atoms. The zero-order valence-electron chi connectivity index (χ0n) is 8.28. The van der Waals surface area contributed by atoms with Crippen LogP contribution in [-0.2, 0) is 15.5 Å². The molecule has 0 heterocycles. The lowest BCUT2D eigenvalue weighted by Crippen LogP contribution is -2.11. The minimum Gasteiger partial charge on any atom is -0.212 e. The third kappa shape index (κ3) is 5.14. The second kappa shape index (κ2) is 4.94. The average Bonchev–Trinajstić information content (AvgIpc) is 2.05. The molecule has 0 aliphatic carbocycles. The van der Waals surface area contributed by atoms with Gasteiger partial charge in [0.1, 0.15) is 5.82 Å². The fourth-order valence-electron chi connectivity index (χ4n) is 1.42. The Labute approximate surface area is 93.5 Å². The molecular formula is C10H12ClFO2S. The van der Waals surface area contributed by atoms with E-state index in [0.29, 0.717) is 6.42 Å². The van der Waals surface area contributed by atoms with Crippen LogP contribution in [0.3, 0.4) is 0 Å². The van der Waals surface area contributed by atoms with Crippen LogP contribution in [0, 0.1) is 11.7 Å². The van der Waals surface area contributed by atoms with Gasteiger partial charge in [0.05, 0.1) is 5.75 Å². The number of hydrogen-bond acceptors (Lipinski definition) is 2. The summed E-state index contributed by atoms with van der Waals surface area (Å²) in [6.45, 7) is 1.79. The first-order chi connectivity index (χ1) is 6.87. The maximum atomic E-state index is 12.6. The van der Waals surface area contributed by atoms with Crippen molar-refractivity contribution in [1.82, 2.24) is 0 Å². The van der Waals surface area contributed by atoms with Gasteiger partial charge < -0.3 is 0 Å². The summed E-state index contributed by atoms with van der Waals surface area (Å²) in [6, 6.07) is 6.01. The van der Waals surface area contributed by atoms with Gasteiger partial charge in [0.25, 0.3) is 0 Å². The van der Waals surface area contributed by atoms with Crippen LogP contribution >= 0.6 is 10.7 Å². The van der Waals surface area contributed by atoms with Gasteiger partial charge in [-0.2, -0.15) is 0 Å².